The second-order valence-electron chi connectivity index (χ2n) is 5.62. The number of likely N-dealkylation sites (tertiary alicyclic amines) is 2. The van der Waals surface area contributed by atoms with E-state index in [1.54, 1.807) is 0 Å². The quantitative estimate of drug-likeness (QED) is 0.859. The average molecular weight is 266 g/mol. The SMILES string of the molecule is OC1CCN(C2CCN(Cc3ncon3)CC2)CC1. The van der Waals surface area contributed by atoms with Crippen LogP contribution in [0.4, 0.5) is 0 Å². The summed E-state index contributed by atoms with van der Waals surface area (Å²) in [4.78, 5) is 9.01. The van der Waals surface area contributed by atoms with Crippen molar-refractivity contribution in [3.8, 4) is 0 Å². The summed E-state index contributed by atoms with van der Waals surface area (Å²) < 4.78 is 4.76. The minimum absolute atomic E-state index is 0.0745. The highest BCUT2D eigenvalue weighted by molar-refractivity contribution is 4.85. The second-order valence-corrected chi connectivity index (χ2v) is 5.62. The van der Waals surface area contributed by atoms with Crippen LogP contribution in [0.2, 0.25) is 0 Å². The Morgan fingerprint density at radius 1 is 1.16 bits per heavy atom. The summed E-state index contributed by atoms with van der Waals surface area (Å²) in [6, 6.07) is 0.689. The molecule has 6 nitrogen and oxygen atoms in total. The highest BCUT2D eigenvalue weighted by Gasteiger charge is 2.27. The molecule has 6 heteroatoms. The van der Waals surface area contributed by atoms with E-state index >= 15 is 0 Å². The number of hydrogen-bond acceptors (Lipinski definition) is 6. The van der Waals surface area contributed by atoms with E-state index in [1.807, 2.05) is 0 Å². The number of nitrogens with zero attached hydrogens (tertiary/aromatic N) is 4. The molecule has 1 aromatic rings. The van der Waals surface area contributed by atoms with Crippen LogP contribution in [-0.4, -0.2) is 63.4 Å². The third-order valence-corrected chi connectivity index (χ3v) is 4.34. The predicted molar refractivity (Wildman–Crippen MR) is 69.4 cm³/mol. The molecule has 2 saturated heterocycles. The largest absolute Gasteiger partial charge is 0.393 e. The van der Waals surface area contributed by atoms with Gasteiger partial charge in [-0.25, -0.2) is 0 Å². The Kier molecular flexibility index (Phi) is 4.10. The molecule has 0 aliphatic carbocycles. The zero-order chi connectivity index (χ0) is 13.1. The Hall–Kier alpha value is -0.980. The van der Waals surface area contributed by atoms with Crippen molar-refractivity contribution >= 4 is 0 Å². The first-order valence-corrected chi connectivity index (χ1v) is 7.21. The average Bonchev–Trinajstić information content (AvgIpc) is 2.94. The number of aromatic nitrogens is 2. The van der Waals surface area contributed by atoms with E-state index in [1.165, 1.54) is 19.2 Å². The first-order valence-electron chi connectivity index (χ1n) is 7.21. The van der Waals surface area contributed by atoms with Crippen molar-refractivity contribution in [1.29, 1.82) is 0 Å². The first-order chi connectivity index (χ1) is 9.31. The summed E-state index contributed by atoms with van der Waals surface area (Å²) in [5.41, 5.74) is 0. The van der Waals surface area contributed by atoms with Crippen LogP contribution < -0.4 is 0 Å². The third kappa shape index (κ3) is 3.32. The van der Waals surface area contributed by atoms with Gasteiger partial charge in [0.15, 0.2) is 5.82 Å². The Bertz CT molecular complexity index is 368. The zero-order valence-electron chi connectivity index (χ0n) is 11.2. The molecule has 19 heavy (non-hydrogen) atoms. The van der Waals surface area contributed by atoms with E-state index in [0.717, 1.165) is 51.4 Å². The number of aliphatic hydroxyl groups excluding tert-OH is 1. The van der Waals surface area contributed by atoms with E-state index in [-0.39, 0.29) is 6.10 Å². The normalized spacial score (nSPS) is 24.9. The number of rotatable bonds is 3. The molecule has 3 heterocycles. The molecule has 2 fully saturated rings. The highest BCUT2D eigenvalue weighted by atomic mass is 16.5. The molecular weight excluding hydrogens is 244 g/mol. The summed E-state index contributed by atoms with van der Waals surface area (Å²) in [5, 5.41) is 13.4. The fourth-order valence-electron chi connectivity index (χ4n) is 3.16. The molecule has 0 bridgehead atoms. The third-order valence-electron chi connectivity index (χ3n) is 4.34. The number of piperidine rings is 2. The van der Waals surface area contributed by atoms with Gasteiger partial charge in [-0.05, 0) is 25.7 Å². The van der Waals surface area contributed by atoms with Crippen molar-refractivity contribution in [1.82, 2.24) is 19.9 Å². The molecule has 0 aromatic carbocycles. The van der Waals surface area contributed by atoms with E-state index in [9.17, 15) is 5.11 Å². The first kappa shape index (κ1) is 13.0. The van der Waals surface area contributed by atoms with Crippen LogP contribution in [0.25, 0.3) is 0 Å². The fraction of sp³-hybridized carbons (Fsp3) is 0.846. The van der Waals surface area contributed by atoms with Gasteiger partial charge in [0, 0.05) is 32.2 Å². The second kappa shape index (κ2) is 5.98. The standard InChI is InChI=1S/C13H22N4O2/c18-12-3-7-17(8-4-12)11-1-5-16(6-2-11)9-13-14-10-19-15-13/h10-12,18H,1-9H2. The smallest absolute Gasteiger partial charge is 0.213 e. The van der Waals surface area contributed by atoms with Crippen molar-refractivity contribution < 1.29 is 9.63 Å². The topological polar surface area (TPSA) is 65.6 Å². The summed E-state index contributed by atoms with van der Waals surface area (Å²) in [5.74, 6) is 0.777. The molecular formula is C13H22N4O2. The minimum Gasteiger partial charge on any atom is -0.393 e. The summed E-state index contributed by atoms with van der Waals surface area (Å²) >= 11 is 0. The van der Waals surface area contributed by atoms with Crippen molar-refractivity contribution in [3.05, 3.63) is 12.2 Å². The maximum atomic E-state index is 9.55. The summed E-state index contributed by atoms with van der Waals surface area (Å²) in [6.45, 7) is 5.09. The van der Waals surface area contributed by atoms with E-state index in [0.29, 0.717) is 6.04 Å². The lowest BCUT2D eigenvalue weighted by Gasteiger charge is -2.40. The molecule has 0 atom stereocenters. The monoisotopic (exact) mass is 266 g/mol. The van der Waals surface area contributed by atoms with Gasteiger partial charge in [-0.3, -0.25) is 4.90 Å². The molecule has 2 aliphatic rings. The zero-order valence-corrected chi connectivity index (χ0v) is 11.2. The molecule has 106 valence electrons. The Balaban J connectivity index is 1.44. The van der Waals surface area contributed by atoms with Crippen LogP contribution in [0.3, 0.4) is 0 Å². The molecule has 0 amide bonds. The van der Waals surface area contributed by atoms with Crippen LogP contribution in [0.1, 0.15) is 31.5 Å². The lowest BCUT2D eigenvalue weighted by atomic mass is 9.99. The summed E-state index contributed by atoms with van der Waals surface area (Å²) in [6.07, 6.45) is 5.59. The molecule has 0 saturated carbocycles. The van der Waals surface area contributed by atoms with Gasteiger partial charge in [-0.1, -0.05) is 5.16 Å². The van der Waals surface area contributed by atoms with Gasteiger partial charge in [0.2, 0.25) is 6.39 Å². The fourth-order valence-corrected chi connectivity index (χ4v) is 3.16. The maximum absolute atomic E-state index is 9.55. The molecule has 2 aliphatic heterocycles. The highest BCUT2D eigenvalue weighted by Crippen LogP contribution is 2.21. The van der Waals surface area contributed by atoms with Crippen LogP contribution in [0.5, 0.6) is 0 Å². The van der Waals surface area contributed by atoms with Gasteiger partial charge in [0.25, 0.3) is 0 Å². The van der Waals surface area contributed by atoms with Gasteiger partial charge in [-0.15, -0.1) is 0 Å². The van der Waals surface area contributed by atoms with Gasteiger partial charge in [0.1, 0.15) is 0 Å². The van der Waals surface area contributed by atoms with E-state index < -0.39 is 0 Å². The van der Waals surface area contributed by atoms with Crippen LogP contribution in [0, 0.1) is 0 Å². The van der Waals surface area contributed by atoms with Gasteiger partial charge < -0.3 is 14.5 Å². The molecule has 1 N–H and O–H groups in total. The van der Waals surface area contributed by atoms with Crippen molar-refractivity contribution in [2.45, 2.75) is 44.4 Å². The van der Waals surface area contributed by atoms with E-state index in [4.69, 9.17) is 4.52 Å². The molecule has 3 rings (SSSR count). The molecule has 0 radical (unpaired) electrons. The van der Waals surface area contributed by atoms with E-state index in [2.05, 4.69) is 19.9 Å². The molecule has 1 aromatic heterocycles. The predicted octanol–water partition coefficient (Wildman–Crippen LogP) is 0.491. The Labute approximate surface area is 113 Å². The minimum atomic E-state index is -0.0745. The van der Waals surface area contributed by atoms with Crippen LogP contribution in [0.15, 0.2) is 10.9 Å². The molecule has 0 unspecified atom stereocenters. The van der Waals surface area contributed by atoms with Crippen molar-refractivity contribution in [3.63, 3.8) is 0 Å². The van der Waals surface area contributed by atoms with Crippen molar-refractivity contribution in [2.24, 2.45) is 0 Å². The Morgan fingerprint density at radius 2 is 1.89 bits per heavy atom. The number of hydrogen-bond donors (Lipinski definition) is 1. The Morgan fingerprint density at radius 3 is 2.53 bits per heavy atom. The van der Waals surface area contributed by atoms with Gasteiger partial charge in [0.05, 0.1) is 12.6 Å². The summed E-state index contributed by atoms with van der Waals surface area (Å²) in [7, 11) is 0. The van der Waals surface area contributed by atoms with Crippen LogP contribution in [-0.2, 0) is 6.54 Å². The number of aliphatic hydroxyl groups is 1. The van der Waals surface area contributed by atoms with Gasteiger partial charge >= 0.3 is 0 Å². The maximum Gasteiger partial charge on any atom is 0.213 e. The lowest BCUT2D eigenvalue weighted by Crippen LogP contribution is -2.48. The van der Waals surface area contributed by atoms with Crippen molar-refractivity contribution in [2.75, 3.05) is 26.2 Å². The molecule has 0 spiro atoms. The van der Waals surface area contributed by atoms with Gasteiger partial charge in [-0.2, -0.15) is 4.98 Å². The van der Waals surface area contributed by atoms with Crippen LogP contribution >= 0.6 is 0 Å². The lowest BCUT2D eigenvalue weighted by molar-refractivity contribution is 0.0371.